The molecule has 3 heteroatoms. The topological polar surface area (TPSA) is 55.5 Å². The summed E-state index contributed by atoms with van der Waals surface area (Å²) in [4.78, 5) is 0. The first-order chi connectivity index (χ1) is 9.54. The number of aliphatic hydroxyl groups is 1. The smallest absolute Gasteiger partial charge is 0.207 e. The maximum absolute atomic E-state index is 10.8. The van der Waals surface area contributed by atoms with E-state index in [1.807, 2.05) is 24.3 Å². The second-order valence-corrected chi connectivity index (χ2v) is 7.63. The lowest BCUT2D eigenvalue weighted by molar-refractivity contribution is -0.235. The van der Waals surface area contributed by atoms with Gasteiger partial charge in [-0.3, -0.25) is 0 Å². The Hall–Kier alpha value is -0.900. The van der Waals surface area contributed by atoms with Crippen LogP contribution in [-0.4, -0.2) is 17.8 Å². The minimum absolute atomic E-state index is 0.0273. The Morgan fingerprint density at radius 1 is 1.10 bits per heavy atom. The van der Waals surface area contributed by atoms with E-state index >= 15 is 0 Å². The summed E-state index contributed by atoms with van der Waals surface area (Å²) < 4.78 is 5.79. The molecular weight excluding hydrogens is 262 g/mol. The van der Waals surface area contributed by atoms with Gasteiger partial charge in [-0.25, -0.2) is 0 Å². The average molecular weight is 293 g/mol. The van der Waals surface area contributed by atoms with Gasteiger partial charge in [-0.1, -0.05) is 58.9 Å². The molecule has 0 amide bonds. The molecule has 2 atom stereocenters. The monoisotopic (exact) mass is 293 g/mol. The van der Waals surface area contributed by atoms with Gasteiger partial charge in [0.05, 0.1) is 12.6 Å². The van der Waals surface area contributed by atoms with Crippen molar-refractivity contribution in [2.75, 3.05) is 6.61 Å². The second kappa shape index (κ2) is 6.91. The summed E-state index contributed by atoms with van der Waals surface area (Å²) in [6, 6.07) is 7.43. The van der Waals surface area contributed by atoms with Crippen LogP contribution < -0.4 is 5.73 Å². The number of nitrogens with two attached hydrogens (primary N) is 1. The highest BCUT2D eigenvalue weighted by Crippen LogP contribution is 2.29. The largest absolute Gasteiger partial charge is 0.361 e. The van der Waals surface area contributed by atoms with Gasteiger partial charge in [-0.15, -0.1) is 0 Å². The van der Waals surface area contributed by atoms with Crippen molar-refractivity contribution in [3.8, 4) is 0 Å². The summed E-state index contributed by atoms with van der Waals surface area (Å²) in [5.41, 5.74) is 7.93. The predicted molar refractivity (Wildman–Crippen MR) is 87.9 cm³/mol. The summed E-state index contributed by atoms with van der Waals surface area (Å²) in [5.74, 6) is -0.829. The highest BCUT2D eigenvalue weighted by Gasteiger charge is 2.36. The molecule has 3 N–H and O–H groups in total. The van der Waals surface area contributed by atoms with Gasteiger partial charge in [0.25, 0.3) is 0 Å². The fourth-order valence-corrected chi connectivity index (χ4v) is 2.16. The van der Waals surface area contributed by atoms with E-state index in [-0.39, 0.29) is 5.41 Å². The number of rotatable bonds is 6. The Morgan fingerprint density at radius 3 is 2.00 bits per heavy atom. The van der Waals surface area contributed by atoms with E-state index < -0.39 is 11.8 Å². The zero-order valence-corrected chi connectivity index (χ0v) is 14.3. The van der Waals surface area contributed by atoms with Crippen LogP contribution in [0.2, 0.25) is 0 Å². The van der Waals surface area contributed by atoms with E-state index in [0.717, 1.165) is 6.42 Å². The number of hydrogen-bond donors (Lipinski definition) is 2. The minimum atomic E-state index is -1.44. The van der Waals surface area contributed by atoms with Crippen LogP contribution in [0.5, 0.6) is 0 Å². The van der Waals surface area contributed by atoms with Crippen LogP contribution in [0.3, 0.4) is 0 Å². The Kier molecular flexibility index (Phi) is 5.97. The maximum atomic E-state index is 10.8. The first-order valence-electron chi connectivity index (χ1n) is 7.76. The molecule has 3 nitrogen and oxygen atoms in total. The van der Waals surface area contributed by atoms with Crippen LogP contribution >= 0.6 is 0 Å². The molecule has 0 aromatic heterocycles. The summed E-state index contributed by atoms with van der Waals surface area (Å²) in [6.45, 7) is 12.8. The van der Waals surface area contributed by atoms with Gasteiger partial charge in [-0.05, 0) is 30.2 Å². The number of benzene rings is 1. The van der Waals surface area contributed by atoms with Gasteiger partial charge in [0.2, 0.25) is 5.79 Å². The summed E-state index contributed by atoms with van der Waals surface area (Å²) in [6.07, 6.45) is 1.03. The van der Waals surface area contributed by atoms with Crippen molar-refractivity contribution >= 4 is 0 Å². The van der Waals surface area contributed by atoms with E-state index in [1.54, 1.807) is 6.92 Å². The molecule has 0 aliphatic rings. The molecule has 0 bridgehead atoms. The highest BCUT2D eigenvalue weighted by molar-refractivity contribution is 5.27. The van der Waals surface area contributed by atoms with Gasteiger partial charge in [0, 0.05) is 5.56 Å². The Labute approximate surface area is 129 Å². The zero-order chi connectivity index (χ0) is 16.3. The first-order valence-corrected chi connectivity index (χ1v) is 7.76. The molecule has 0 spiro atoms. The van der Waals surface area contributed by atoms with Crippen LogP contribution in [0.1, 0.15) is 52.7 Å². The maximum Gasteiger partial charge on any atom is 0.207 e. The summed E-state index contributed by atoms with van der Waals surface area (Å²) in [5, 5.41) is 10.8. The molecule has 0 fully saturated rings. The van der Waals surface area contributed by atoms with Gasteiger partial charge < -0.3 is 15.6 Å². The molecule has 120 valence electrons. The standard InChI is InChI=1S/C18H31NO2/c1-13(2)11-15-7-9-16(10-8-15)18(20,14(3)19)21-12-17(4,5)6/h7-10,13-14,20H,11-12,19H2,1-6H3. The second-order valence-electron chi connectivity index (χ2n) is 7.63. The summed E-state index contributed by atoms with van der Waals surface area (Å²) in [7, 11) is 0. The van der Waals surface area contributed by atoms with Crippen molar-refractivity contribution in [2.45, 2.75) is 59.8 Å². The van der Waals surface area contributed by atoms with Crippen LogP contribution in [0.15, 0.2) is 24.3 Å². The van der Waals surface area contributed by atoms with Crippen LogP contribution in [-0.2, 0) is 16.9 Å². The molecule has 2 unspecified atom stereocenters. The Bertz CT molecular complexity index is 432. The molecule has 0 heterocycles. The number of ether oxygens (including phenoxy) is 1. The predicted octanol–water partition coefficient (Wildman–Crippen LogP) is 3.44. The van der Waals surface area contributed by atoms with Crippen molar-refractivity contribution < 1.29 is 9.84 Å². The molecule has 21 heavy (non-hydrogen) atoms. The molecule has 0 saturated carbocycles. The van der Waals surface area contributed by atoms with Gasteiger partial charge in [0.1, 0.15) is 0 Å². The molecular formula is C18H31NO2. The summed E-state index contributed by atoms with van der Waals surface area (Å²) >= 11 is 0. The van der Waals surface area contributed by atoms with E-state index in [4.69, 9.17) is 10.5 Å². The molecule has 0 aliphatic carbocycles. The first kappa shape index (κ1) is 18.1. The lowest BCUT2D eigenvalue weighted by Gasteiger charge is -2.35. The van der Waals surface area contributed by atoms with Crippen molar-refractivity contribution in [1.29, 1.82) is 0 Å². The van der Waals surface area contributed by atoms with E-state index in [1.165, 1.54) is 5.56 Å². The van der Waals surface area contributed by atoms with Crippen LogP contribution in [0.4, 0.5) is 0 Å². The molecule has 1 aromatic rings. The SMILES string of the molecule is CC(C)Cc1ccc(C(O)(OCC(C)(C)C)C(C)N)cc1. The van der Waals surface area contributed by atoms with Crippen molar-refractivity contribution in [1.82, 2.24) is 0 Å². The quantitative estimate of drug-likeness (QED) is 0.790. The molecule has 1 rings (SSSR count). The third-order valence-corrected chi connectivity index (χ3v) is 3.35. The Balaban J connectivity index is 2.94. The Morgan fingerprint density at radius 2 is 1.62 bits per heavy atom. The molecule has 0 saturated heterocycles. The third-order valence-electron chi connectivity index (χ3n) is 3.35. The highest BCUT2D eigenvalue weighted by atomic mass is 16.6. The van der Waals surface area contributed by atoms with Crippen molar-refractivity contribution in [3.63, 3.8) is 0 Å². The van der Waals surface area contributed by atoms with Gasteiger partial charge in [-0.2, -0.15) is 0 Å². The normalized spacial score (nSPS) is 16.8. The fraction of sp³-hybridized carbons (Fsp3) is 0.667. The van der Waals surface area contributed by atoms with E-state index in [9.17, 15) is 5.11 Å². The molecule has 0 aliphatic heterocycles. The van der Waals surface area contributed by atoms with Gasteiger partial charge >= 0.3 is 0 Å². The molecule has 1 aromatic carbocycles. The minimum Gasteiger partial charge on any atom is -0.361 e. The van der Waals surface area contributed by atoms with Crippen molar-refractivity contribution in [3.05, 3.63) is 35.4 Å². The van der Waals surface area contributed by atoms with Crippen LogP contribution in [0.25, 0.3) is 0 Å². The van der Waals surface area contributed by atoms with E-state index in [2.05, 4.69) is 34.6 Å². The lowest BCUT2D eigenvalue weighted by Crippen LogP contribution is -2.47. The zero-order valence-electron chi connectivity index (χ0n) is 14.3. The average Bonchev–Trinajstić information content (AvgIpc) is 2.35. The van der Waals surface area contributed by atoms with E-state index in [0.29, 0.717) is 18.1 Å². The fourth-order valence-electron chi connectivity index (χ4n) is 2.16. The van der Waals surface area contributed by atoms with Crippen LogP contribution in [0, 0.1) is 11.3 Å². The third kappa shape index (κ3) is 5.42. The van der Waals surface area contributed by atoms with Gasteiger partial charge in [0.15, 0.2) is 0 Å². The van der Waals surface area contributed by atoms with Crippen molar-refractivity contribution in [2.24, 2.45) is 17.1 Å². The number of hydrogen-bond acceptors (Lipinski definition) is 3. The molecule has 0 radical (unpaired) electrons. The lowest BCUT2D eigenvalue weighted by atomic mass is 9.94.